The van der Waals surface area contributed by atoms with Crippen molar-refractivity contribution < 1.29 is 4.74 Å². The van der Waals surface area contributed by atoms with E-state index in [4.69, 9.17) is 16.3 Å². The molecule has 1 saturated heterocycles. The number of fused-ring (bicyclic) bond motifs is 1. The molecule has 32 heavy (non-hydrogen) atoms. The van der Waals surface area contributed by atoms with Crippen molar-refractivity contribution in [3.05, 3.63) is 72.1 Å². The van der Waals surface area contributed by atoms with Gasteiger partial charge >= 0.3 is 0 Å². The van der Waals surface area contributed by atoms with Crippen LogP contribution in [0.4, 0.5) is 0 Å². The van der Waals surface area contributed by atoms with Gasteiger partial charge in [0.05, 0.1) is 7.11 Å². The first kappa shape index (κ1) is 21.0. The molecule has 2 aromatic heterocycles. The maximum Gasteiger partial charge on any atom is 0.119 e. The van der Waals surface area contributed by atoms with Crippen molar-refractivity contribution in [3.8, 4) is 28.0 Å². The van der Waals surface area contributed by atoms with Gasteiger partial charge in [-0.1, -0.05) is 23.7 Å². The second-order valence-electron chi connectivity index (χ2n) is 8.65. The Kier molecular flexibility index (Phi) is 5.90. The number of pyridine rings is 1. The van der Waals surface area contributed by atoms with Gasteiger partial charge in [0, 0.05) is 57.2 Å². The number of ether oxygens (including phenoxy) is 1. The zero-order chi connectivity index (χ0) is 22.1. The Morgan fingerprint density at radius 2 is 1.88 bits per heavy atom. The number of aromatic nitrogens is 2. The van der Waals surface area contributed by atoms with Crippen LogP contribution < -0.4 is 10.1 Å². The monoisotopic (exact) mass is 445 g/mol. The highest BCUT2D eigenvalue weighted by molar-refractivity contribution is 6.30. The molecule has 0 spiro atoms. The van der Waals surface area contributed by atoms with Crippen molar-refractivity contribution in [3.63, 3.8) is 0 Å². The third-order valence-electron chi connectivity index (χ3n) is 6.72. The van der Waals surface area contributed by atoms with Gasteiger partial charge in [0.2, 0.25) is 0 Å². The maximum atomic E-state index is 6.08. The minimum atomic E-state index is 0.403. The summed E-state index contributed by atoms with van der Waals surface area (Å²) in [5, 5.41) is 5.49. The summed E-state index contributed by atoms with van der Waals surface area (Å²) in [5.41, 5.74) is 5.69. The number of nitrogens with zero attached hydrogens (tertiary/aromatic N) is 2. The second-order valence-corrected chi connectivity index (χ2v) is 9.09. The van der Waals surface area contributed by atoms with E-state index in [1.807, 2.05) is 36.7 Å². The summed E-state index contributed by atoms with van der Waals surface area (Å²) in [6.07, 6.45) is 8.65. The SMILES string of the molecule is COc1ccc2c(c1)c(-c1cncc(-c3ccc(Cl)cc3)c1)cn2C(C)C1CCCNC1. The minimum absolute atomic E-state index is 0.403. The van der Waals surface area contributed by atoms with E-state index in [9.17, 15) is 0 Å². The quantitative estimate of drug-likeness (QED) is 0.376. The van der Waals surface area contributed by atoms with Gasteiger partial charge in [-0.15, -0.1) is 0 Å². The third-order valence-corrected chi connectivity index (χ3v) is 6.98. The molecule has 0 bridgehead atoms. The molecular formula is C27H28ClN3O. The van der Waals surface area contributed by atoms with Crippen LogP contribution in [0.5, 0.6) is 5.75 Å². The maximum absolute atomic E-state index is 6.08. The molecule has 2 unspecified atom stereocenters. The third kappa shape index (κ3) is 4.01. The lowest BCUT2D eigenvalue weighted by Crippen LogP contribution is -2.34. The zero-order valence-electron chi connectivity index (χ0n) is 18.5. The molecule has 4 nitrogen and oxygen atoms in total. The molecule has 1 aliphatic rings. The Labute approximate surface area is 194 Å². The first-order valence-corrected chi connectivity index (χ1v) is 11.6. The molecule has 164 valence electrons. The number of methoxy groups -OCH3 is 1. The van der Waals surface area contributed by atoms with E-state index in [0.29, 0.717) is 12.0 Å². The zero-order valence-corrected chi connectivity index (χ0v) is 19.3. The number of halogens is 1. The van der Waals surface area contributed by atoms with Crippen molar-refractivity contribution in [2.24, 2.45) is 5.92 Å². The normalized spacial score (nSPS) is 17.4. The lowest BCUT2D eigenvalue weighted by atomic mass is 9.92. The van der Waals surface area contributed by atoms with Gasteiger partial charge in [-0.05, 0) is 80.7 Å². The first-order chi connectivity index (χ1) is 15.6. The van der Waals surface area contributed by atoms with Gasteiger partial charge in [0.1, 0.15) is 5.75 Å². The fourth-order valence-electron chi connectivity index (χ4n) is 4.83. The molecule has 1 aliphatic heterocycles. The molecule has 0 saturated carbocycles. The minimum Gasteiger partial charge on any atom is -0.497 e. The Balaban J connectivity index is 1.62. The van der Waals surface area contributed by atoms with Crippen LogP contribution in [-0.2, 0) is 0 Å². The van der Waals surface area contributed by atoms with Gasteiger partial charge in [-0.2, -0.15) is 0 Å². The fourth-order valence-corrected chi connectivity index (χ4v) is 4.96. The number of rotatable bonds is 5. The van der Waals surface area contributed by atoms with Crippen molar-refractivity contribution in [2.75, 3.05) is 20.2 Å². The van der Waals surface area contributed by atoms with E-state index in [0.717, 1.165) is 40.6 Å². The van der Waals surface area contributed by atoms with E-state index in [2.05, 4.69) is 52.3 Å². The highest BCUT2D eigenvalue weighted by Crippen LogP contribution is 2.38. The molecule has 4 aromatic rings. The molecule has 3 heterocycles. The first-order valence-electron chi connectivity index (χ1n) is 11.2. The fraction of sp³-hybridized carbons (Fsp3) is 0.296. The topological polar surface area (TPSA) is 39.1 Å². The van der Waals surface area contributed by atoms with E-state index >= 15 is 0 Å². The summed E-state index contributed by atoms with van der Waals surface area (Å²) in [5.74, 6) is 1.48. The van der Waals surface area contributed by atoms with Crippen LogP contribution >= 0.6 is 11.6 Å². The van der Waals surface area contributed by atoms with Gasteiger partial charge in [0.25, 0.3) is 0 Å². The van der Waals surface area contributed by atoms with Crippen molar-refractivity contribution in [1.82, 2.24) is 14.9 Å². The molecule has 1 N–H and O–H groups in total. The number of piperidine rings is 1. The van der Waals surface area contributed by atoms with Crippen molar-refractivity contribution in [1.29, 1.82) is 0 Å². The van der Waals surface area contributed by atoms with Crippen LogP contribution in [-0.4, -0.2) is 29.8 Å². The van der Waals surface area contributed by atoms with Gasteiger partial charge in [-0.25, -0.2) is 0 Å². The average Bonchev–Trinajstić information content (AvgIpc) is 3.23. The number of nitrogens with one attached hydrogen (secondary N) is 1. The van der Waals surface area contributed by atoms with E-state index in [1.54, 1.807) is 7.11 Å². The summed E-state index contributed by atoms with van der Waals surface area (Å²) >= 11 is 6.08. The van der Waals surface area contributed by atoms with Crippen LogP contribution in [0, 0.1) is 5.92 Å². The predicted molar refractivity (Wildman–Crippen MR) is 132 cm³/mol. The highest BCUT2D eigenvalue weighted by atomic mass is 35.5. The van der Waals surface area contributed by atoms with Crippen molar-refractivity contribution >= 4 is 22.5 Å². The summed E-state index contributed by atoms with van der Waals surface area (Å²) in [4.78, 5) is 4.57. The molecule has 5 heteroatoms. The number of hydrogen-bond acceptors (Lipinski definition) is 3. The second kappa shape index (κ2) is 8.97. The van der Waals surface area contributed by atoms with Gasteiger partial charge < -0.3 is 14.6 Å². The van der Waals surface area contributed by atoms with Crippen LogP contribution in [0.2, 0.25) is 5.02 Å². The average molecular weight is 446 g/mol. The predicted octanol–water partition coefficient (Wildman–Crippen LogP) is 6.59. The molecule has 5 rings (SSSR count). The summed E-state index contributed by atoms with van der Waals surface area (Å²) < 4.78 is 8.00. The smallest absolute Gasteiger partial charge is 0.119 e. The van der Waals surface area contributed by atoms with Crippen LogP contribution in [0.25, 0.3) is 33.2 Å². The summed E-state index contributed by atoms with van der Waals surface area (Å²) in [7, 11) is 1.72. The van der Waals surface area contributed by atoms with Gasteiger partial charge in [-0.3, -0.25) is 4.98 Å². The van der Waals surface area contributed by atoms with Crippen LogP contribution in [0.15, 0.2) is 67.1 Å². The van der Waals surface area contributed by atoms with E-state index in [-0.39, 0.29) is 0 Å². The molecule has 2 aromatic carbocycles. The van der Waals surface area contributed by atoms with Crippen LogP contribution in [0.3, 0.4) is 0 Å². The molecule has 1 fully saturated rings. The molecule has 0 radical (unpaired) electrons. The van der Waals surface area contributed by atoms with Crippen LogP contribution in [0.1, 0.15) is 25.8 Å². The summed E-state index contributed by atoms with van der Waals surface area (Å²) in [6, 6.07) is 16.9. The standard InChI is InChI=1S/C27H28ClN3O/c1-18(20-4-3-11-29-14-20)31-17-26(25-13-24(32-2)9-10-27(25)31)22-12-21(15-30-16-22)19-5-7-23(28)8-6-19/h5-10,12-13,15-18,20,29H,3-4,11,14H2,1-2H3. The lowest BCUT2D eigenvalue weighted by Gasteiger charge is -2.30. The van der Waals surface area contributed by atoms with Gasteiger partial charge in [0.15, 0.2) is 0 Å². The highest BCUT2D eigenvalue weighted by Gasteiger charge is 2.24. The number of benzene rings is 2. The summed E-state index contributed by atoms with van der Waals surface area (Å²) in [6.45, 7) is 4.54. The lowest BCUT2D eigenvalue weighted by molar-refractivity contribution is 0.284. The van der Waals surface area contributed by atoms with E-state index < -0.39 is 0 Å². The molecule has 2 atom stereocenters. The Morgan fingerprint density at radius 1 is 1.06 bits per heavy atom. The Morgan fingerprint density at radius 3 is 2.62 bits per heavy atom. The molecule has 0 aliphatic carbocycles. The van der Waals surface area contributed by atoms with Crippen molar-refractivity contribution in [2.45, 2.75) is 25.8 Å². The number of hydrogen-bond donors (Lipinski definition) is 1. The molecular weight excluding hydrogens is 418 g/mol. The Hall–Kier alpha value is -2.82. The molecule has 0 amide bonds. The van der Waals surface area contributed by atoms with E-state index in [1.165, 1.54) is 29.3 Å². The Bertz CT molecular complexity index is 1230. The largest absolute Gasteiger partial charge is 0.497 e.